The molecule has 5 nitrogen and oxygen atoms in total. The SMILES string of the molecule is CCCC(=O)Nc1ccc(CNC(=NC)N2CCC3(CCC3)C2)cc1. The van der Waals surface area contributed by atoms with Gasteiger partial charge in [-0.2, -0.15) is 0 Å². The van der Waals surface area contributed by atoms with Crippen LogP contribution in [0.1, 0.15) is 51.0 Å². The number of hydrogen-bond donors (Lipinski definition) is 2. The van der Waals surface area contributed by atoms with Gasteiger partial charge < -0.3 is 15.5 Å². The van der Waals surface area contributed by atoms with Gasteiger partial charge >= 0.3 is 0 Å². The average molecular weight is 342 g/mol. The normalized spacial score (nSPS) is 19.0. The average Bonchev–Trinajstić information content (AvgIpc) is 3.03. The highest BCUT2D eigenvalue weighted by Crippen LogP contribution is 2.47. The first-order valence-electron chi connectivity index (χ1n) is 9.48. The van der Waals surface area contributed by atoms with E-state index in [1.54, 1.807) is 0 Å². The lowest BCUT2D eigenvalue weighted by Gasteiger charge is -2.38. The van der Waals surface area contributed by atoms with Crippen LogP contribution in [0.2, 0.25) is 0 Å². The van der Waals surface area contributed by atoms with Crippen molar-refractivity contribution in [2.24, 2.45) is 10.4 Å². The predicted molar refractivity (Wildman–Crippen MR) is 103 cm³/mol. The highest BCUT2D eigenvalue weighted by molar-refractivity contribution is 5.90. The highest BCUT2D eigenvalue weighted by atomic mass is 16.1. The minimum Gasteiger partial charge on any atom is -0.352 e. The van der Waals surface area contributed by atoms with Gasteiger partial charge in [-0.05, 0) is 48.8 Å². The quantitative estimate of drug-likeness (QED) is 0.637. The van der Waals surface area contributed by atoms with Crippen LogP contribution in [-0.4, -0.2) is 36.9 Å². The van der Waals surface area contributed by atoms with Gasteiger partial charge in [0.15, 0.2) is 5.96 Å². The third kappa shape index (κ3) is 4.33. The minimum absolute atomic E-state index is 0.0766. The maximum atomic E-state index is 11.6. The van der Waals surface area contributed by atoms with Gasteiger partial charge in [-0.25, -0.2) is 0 Å². The largest absolute Gasteiger partial charge is 0.352 e. The van der Waals surface area contributed by atoms with E-state index in [1.807, 2.05) is 26.1 Å². The van der Waals surface area contributed by atoms with Gasteiger partial charge in [0.05, 0.1) is 0 Å². The summed E-state index contributed by atoms with van der Waals surface area (Å²) in [6, 6.07) is 8.04. The fourth-order valence-corrected chi connectivity index (χ4v) is 3.87. The third-order valence-electron chi connectivity index (χ3n) is 5.53. The number of aliphatic imine (C=N–C) groups is 1. The van der Waals surface area contributed by atoms with Crippen LogP contribution in [0.25, 0.3) is 0 Å². The fraction of sp³-hybridized carbons (Fsp3) is 0.600. The van der Waals surface area contributed by atoms with E-state index in [1.165, 1.54) is 31.2 Å². The number of guanidine groups is 1. The van der Waals surface area contributed by atoms with Crippen molar-refractivity contribution < 1.29 is 4.79 Å². The number of carbonyl (C=O) groups excluding carboxylic acids is 1. The highest BCUT2D eigenvalue weighted by Gasteiger charge is 2.43. The van der Waals surface area contributed by atoms with E-state index in [0.29, 0.717) is 11.8 Å². The summed E-state index contributed by atoms with van der Waals surface area (Å²) in [6.45, 7) is 5.02. The number of benzene rings is 1. The monoisotopic (exact) mass is 342 g/mol. The summed E-state index contributed by atoms with van der Waals surface area (Å²) < 4.78 is 0. The Balaban J connectivity index is 1.49. The number of carbonyl (C=O) groups is 1. The van der Waals surface area contributed by atoms with Crippen LogP contribution < -0.4 is 10.6 Å². The Bertz CT molecular complexity index is 619. The van der Waals surface area contributed by atoms with Gasteiger partial charge in [0, 0.05) is 38.8 Å². The minimum atomic E-state index is 0.0766. The first-order chi connectivity index (χ1) is 12.1. The van der Waals surface area contributed by atoms with Crippen molar-refractivity contribution in [2.75, 3.05) is 25.5 Å². The van der Waals surface area contributed by atoms with Gasteiger partial charge in [0.25, 0.3) is 0 Å². The lowest BCUT2D eigenvalue weighted by molar-refractivity contribution is -0.116. The van der Waals surface area contributed by atoms with E-state index < -0.39 is 0 Å². The number of anilines is 1. The number of likely N-dealkylation sites (tertiary alicyclic amines) is 1. The van der Waals surface area contributed by atoms with Crippen molar-refractivity contribution >= 4 is 17.6 Å². The Morgan fingerprint density at radius 2 is 2.00 bits per heavy atom. The second-order valence-corrected chi connectivity index (χ2v) is 7.42. The van der Waals surface area contributed by atoms with Gasteiger partial charge in [0.2, 0.25) is 5.91 Å². The van der Waals surface area contributed by atoms with E-state index in [9.17, 15) is 4.79 Å². The zero-order chi connectivity index (χ0) is 17.7. The van der Waals surface area contributed by atoms with Gasteiger partial charge in [-0.3, -0.25) is 9.79 Å². The molecular weight excluding hydrogens is 312 g/mol. The van der Waals surface area contributed by atoms with E-state index in [2.05, 4.69) is 32.7 Å². The van der Waals surface area contributed by atoms with Crippen molar-refractivity contribution in [3.05, 3.63) is 29.8 Å². The van der Waals surface area contributed by atoms with Gasteiger partial charge in [-0.15, -0.1) is 0 Å². The van der Waals surface area contributed by atoms with E-state index in [0.717, 1.165) is 37.7 Å². The molecule has 1 heterocycles. The molecule has 25 heavy (non-hydrogen) atoms. The Morgan fingerprint density at radius 1 is 1.24 bits per heavy atom. The van der Waals surface area contributed by atoms with E-state index >= 15 is 0 Å². The number of nitrogens with one attached hydrogen (secondary N) is 2. The second kappa shape index (κ2) is 7.89. The maximum absolute atomic E-state index is 11.6. The molecule has 1 saturated carbocycles. The molecule has 0 unspecified atom stereocenters. The van der Waals surface area contributed by atoms with Crippen molar-refractivity contribution in [3.8, 4) is 0 Å². The smallest absolute Gasteiger partial charge is 0.224 e. The number of hydrogen-bond acceptors (Lipinski definition) is 2. The standard InChI is InChI=1S/C20H30N4O/c1-3-5-18(25)23-17-8-6-16(7-9-17)14-22-19(21-2)24-13-12-20(15-24)10-4-11-20/h6-9H,3-5,10-15H2,1-2H3,(H,21,22)(H,23,25). The van der Waals surface area contributed by atoms with Crippen LogP contribution in [0.5, 0.6) is 0 Å². The molecule has 1 spiro atoms. The zero-order valence-corrected chi connectivity index (χ0v) is 15.5. The van der Waals surface area contributed by atoms with Crippen LogP contribution >= 0.6 is 0 Å². The Hall–Kier alpha value is -2.04. The first-order valence-corrected chi connectivity index (χ1v) is 9.48. The summed E-state index contributed by atoms with van der Waals surface area (Å²) >= 11 is 0. The van der Waals surface area contributed by atoms with E-state index in [4.69, 9.17) is 0 Å². The van der Waals surface area contributed by atoms with Gasteiger partial charge in [0.1, 0.15) is 0 Å². The summed E-state index contributed by atoms with van der Waals surface area (Å²) in [7, 11) is 1.86. The number of amides is 1. The van der Waals surface area contributed by atoms with Crippen LogP contribution in [0.3, 0.4) is 0 Å². The molecule has 2 aliphatic rings. The van der Waals surface area contributed by atoms with Crippen LogP contribution in [0, 0.1) is 5.41 Å². The molecular formula is C20H30N4O. The molecule has 2 N–H and O–H groups in total. The molecule has 136 valence electrons. The summed E-state index contributed by atoms with van der Waals surface area (Å²) in [5, 5.41) is 6.40. The Morgan fingerprint density at radius 3 is 2.56 bits per heavy atom. The molecule has 3 rings (SSSR count). The molecule has 0 bridgehead atoms. The summed E-state index contributed by atoms with van der Waals surface area (Å²) in [5.74, 6) is 1.08. The zero-order valence-electron chi connectivity index (χ0n) is 15.5. The topological polar surface area (TPSA) is 56.7 Å². The van der Waals surface area contributed by atoms with Crippen molar-refractivity contribution in [1.82, 2.24) is 10.2 Å². The lowest BCUT2D eigenvalue weighted by Crippen LogP contribution is -2.42. The molecule has 2 fully saturated rings. The third-order valence-corrected chi connectivity index (χ3v) is 5.53. The summed E-state index contributed by atoms with van der Waals surface area (Å²) in [4.78, 5) is 18.5. The molecule has 0 atom stereocenters. The molecule has 1 aromatic carbocycles. The second-order valence-electron chi connectivity index (χ2n) is 7.42. The van der Waals surface area contributed by atoms with Crippen LogP contribution in [0.4, 0.5) is 5.69 Å². The van der Waals surface area contributed by atoms with Crippen LogP contribution in [0.15, 0.2) is 29.3 Å². The Labute approximate surface area is 150 Å². The summed E-state index contributed by atoms with van der Waals surface area (Å²) in [6.07, 6.45) is 6.89. The molecule has 1 aliphatic carbocycles. The van der Waals surface area contributed by atoms with Crippen LogP contribution in [-0.2, 0) is 11.3 Å². The predicted octanol–water partition coefficient (Wildman–Crippen LogP) is 3.38. The van der Waals surface area contributed by atoms with Crippen molar-refractivity contribution in [2.45, 2.75) is 52.0 Å². The number of nitrogens with zero attached hydrogens (tertiary/aromatic N) is 2. The number of rotatable bonds is 5. The molecule has 1 aliphatic heterocycles. The molecule has 0 radical (unpaired) electrons. The fourth-order valence-electron chi connectivity index (χ4n) is 3.87. The van der Waals surface area contributed by atoms with Gasteiger partial charge in [-0.1, -0.05) is 25.5 Å². The summed E-state index contributed by atoms with van der Waals surface area (Å²) in [5.41, 5.74) is 2.63. The molecule has 0 aromatic heterocycles. The maximum Gasteiger partial charge on any atom is 0.224 e. The van der Waals surface area contributed by atoms with E-state index in [-0.39, 0.29) is 5.91 Å². The molecule has 1 amide bonds. The molecule has 5 heteroatoms. The van der Waals surface area contributed by atoms with Crippen molar-refractivity contribution in [1.29, 1.82) is 0 Å². The molecule has 1 aromatic rings. The first kappa shape index (κ1) is 17.8. The molecule has 1 saturated heterocycles. The van der Waals surface area contributed by atoms with Crippen molar-refractivity contribution in [3.63, 3.8) is 0 Å². The lowest BCUT2D eigenvalue weighted by atomic mass is 9.68. The Kier molecular flexibility index (Phi) is 5.61.